The monoisotopic (exact) mass is 496 g/mol. The third-order valence-electron chi connectivity index (χ3n) is 4.43. The van der Waals surface area contributed by atoms with E-state index in [-0.39, 0.29) is 49.3 Å². The number of hydrogen-bond donors (Lipinski definition) is 0. The van der Waals surface area contributed by atoms with Gasteiger partial charge in [-0.15, -0.1) is 0 Å². The standard InChI is InChI=1S/C22H28N2O11/c1-29-19-5-3-17(23(25)26)15-21(19)34-13-11-32-9-7-31-8-10-33-12-14-35-22-16-18(24(27)28)4-6-20(22)30-2/h3-6,15-16H,7-14H2,1-2H3. The molecule has 2 aromatic rings. The molecule has 0 heterocycles. The largest absolute Gasteiger partial charge is 0.493 e. The van der Waals surface area contributed by atoms with Gasteiger partial charge < -0.3 is 33.2 Å². The van der Waals surface area contributed by atoms with E-state index in [1.165, 1.54) is 50.6 Å². The molecule has 0 spiro atoms. The Morgan fingerprint density at radius 2 is 0.914 bits per heavy atom. The third kappa shape index (κ3) is 9.60. The van der Waals surface area contributed by atoms with Crippen molar-refractivity contribution in [3.05, 3.63) is 56.6 Å². The Labute approximate surface area is 201 Å². The molecular formula is C22H28N2O11. The molecule has 192 valence electrons. The molecule has 35 heavy (non-hydrogen) atoms. The fourth-order valence-electron chi connectivity index (χ4n) is 2.75. The number of nitro benzene ring substituents is 2. The number of rotatable bonds is 18. The summed E-state index contributed by atoms with van der Waals surface area (Å²) in [6, 6.07) is 8.22. The molecule has 0 saturated carbocycles. The van der Waals surface area contributed by atoms with Crippen LogP contribution in [0.4, 0.5) is 11.4 Å². The molecule has 0 saturated heterocycles. The van der Waals surface area contributed by atoms with Crippen LogP contribution in [0.15, 0.2) is 36.4 Å². The summed E-state index contributed by atoms with van der Waals surface area (Å²) < 4.78 is 37.5. The summed E-state index contributed by atoms with van der Waals surface area (Å²) in [6.07, 6.45) is 0. The van der Waals surface area contributed by atoms with Gasteiger partial charge in [-0.3, -0.25) is 20.2 Å². The van der Waals surface area contributed by atoms with E-state index in [1.807, 2.05) is 0 Å². The van der Waals surface area contributed by atoms with Gasteiger partial charge in [0.25, 0.3) is 11.4 Å². The van der Waals surface area contributed by atoms with Crippen LogP contribution in [0.1, 0.15) is 0 Å². The van der Waals surface area contributed by atoms with Gasteiger partial charge in [0.15, 0.2) is 23.0 Å². The molecule has 0 unspecified atom stereocenters. The quantitative estimate of drug-likeness (QED) is 0.170. The molecule has 0 aliphatic rings. The van der Waals surface area contributed by atoms with E-state index < -0.39 is 9.85 Å². The lowest BCUT2D eigenvalue weighted by molar-refractivity contribution is -0.385. The summed E-state index contributed by atoms with van der Waals surface area (Å²) in [5, 5.41) is 21.7. The maximum absolute atomic E-state index is 10.9. The zero-order valence-corrected chi connectivity index (χ0v) is 19.5. The number of nitro groups is 2. The lowest BCUT2D eigenvalue weighted by Gasteiger charge is -2.11. The third-order valence-corrected chi connectivity index (χ3v) is 4.43. The van der Waals surface area contributed by atoms with Crippen molar-refractivity contribution >= 4 is 11.4 Å². The van der Waals surface area contributed by atoms with Gasteiger partial charge in [0, 0.05) is 12.1 Å². The predicted octanol–water partition coefficient (Wildman–Crippen LogP) is 3.03. The van der Waals surface area contributed by atoms with Gasteiger partial charge in [-0.25, -0.2) is 0 Å². The first-order valence-corrected chi connectivity index (χ1v) is 10.6. The molecule has 0 aliphatic heterocycles. The highest BCUT2D eigenvalue weighted by molar-refractivity contribution is 5.49. The molecular weight excluding hydrogens is 468 g/mol. The second-order valence-corrected chi connectivity index (χ2v) is 6.72. The van der Waals surface area contributed by atoms with Crippen LogP contribution >= 0.6 is 0 Å². The first-order chi connectivity index (χ1) is 17.0. The van der Waals surface area contributed by atoms with E-state index in [2.05, 4.69) is 0 Å². The lowest BCUT2D eigenvalue weighted by Crippen LogP contribution is -2.14. The van der Waals surface area contributed by atoms with Gasteiger partial charge in [0.2, 0.25) is 0 Å². The van der Waals surface area contributed by atoms with Crippen LogP contribution in [0.2, 0.25) is 0 Å². The molecule has 0 radical (unpaired) electrons. The Kier molecular flexibility index (Phi) is 12.0. The maximum Gasteiger partial charge on any atom is 0.273 e. The summed E-state index contributed by atoms with van der Waals surface area (Å²) in [7, 11) is 2.90. The number of nitrogens with zero attached hydrogens (tertiary/aromatic N) is 2. The van der Waals surface area contributed by atoms with Crippen molar-refractivity contribution in [1.29, 1.82) is 0 Å². The fourth-order valence-corrected chi connectivity index (χ4v) is 2.75. The van der Waals surface area contributed by atoms with Crippen LogP contribution in [-0.4, -0.2) is 76.9 Å². The molecule has 0 amide bonds. The molecule has 0 N–H and O–H groups in total. The van der Waals surface area contributed by atoms with Crippen LogP contribution < -0.4 is 18.9 Å². The van der Waals surface area contributed by atoms with Crippen LogP contribution in [0, 0.1) is 20.2 Å². The SMILES string of the molecule is COc1ccc([N+](=O)[O-])cc1OCCOCCOCCOCCOc1cc([N+](=O)[O-])ccc1OC. The van der Waals surface area contributed by atoms with E-state index in [4.69, 9.17) is 33.2 Å². The Morgan fingerprint density at radius 1 is 0.571 bits per heavy atom. The Hall–Kier alpha value is -3.68. The molecule has 0 fully saturated rings. The second kappa shape index (κ2) is 15.3. The smallest absolute Gasteiger partial charge is 0.273 e. The van der Waals surface area contributed by atoms with Crippen LogP contribution in [0.3, 0.4) is 0 Å². The van der Waals surface area contributed by atoms with Crippen molar-refractivity contribution in [3.8, 4) is 23.0 Å². The number of hydrogen-bond acceptors (Lipinski definition) is 11. The molecule has 13 nitrogen and oxygen atoms in total. The van der Waals surface area contributed by atoms with Crippen molar-refractivity contribution in [2.24, 2.45) is 0 Å². The first-order valence-electron chi connectivity index (χ1n) is 10.6. The van der Waals surface area contributed by atoms with Gasteiger partial charge in [0.05, 0.1) is 75.8 Å². The average Bonchev–Trinajstić information content (AvgIpc) is 2.86. The Balaban J connectivity index is 1.50. The zero-order chi connectivity index (χ0) is 25.5. The van der Waals surface area contributed by atoms with E-state index in [0.717, 1.165) is 0 Å². The molecule has 0 aromatic heterocycles. The Morgan fingerprint density at radius 3 is 1.23 bits per heavy atom. The summed E-state index contributed by atoms with van der Waals surface area (Å²) in [5.41, 5.74) is -0.180. The Bertz CT molecular complexity index is 879. The minimum Gasteiger partial charge on any atom is -0.493 e. The highest BCUT2D eigenvalue weighted by atomic mass is 16.6. The van der Waals surface area contributed by atoms with Crippen molar-refractivity contribution < 1.29 is 43.0 Å². The molecule has 2 rings (SSSR count). The zero-order valence-electron chi connectivity index (χ0n) is 19.5. The van der Waals surface area contributed by atoms with E-state index in [9.17, 15) is 20.2 Å². The average molecular weight is 496 g/mol. The molecule has 2 aromatic carbocycles. The van der Waals surface area contributed by atoms with Crippen LogP contribution in [0.25, 0.3) is 0 Å². The number of methoxy groups -OCH3 is 2. The van der Waals surface area contributed by atoms with Crippen molar-refractivity contribution in [2.75, 3.05) is 67.1 Å². The molecule has 0 bridgehead atoms. The number of benzene rings is 2. The number of non-ortho nitro benzene ring substituents is 2. The van der Waals surface area contributed by atoms with E-state index in [0.29, 0.717) is 37.9 Å². The molecule has 0 atom stereocenters. The van der Waals surface area contributed by atoms with Crippen LogP contribution in [-0.2, 0) is 14.2 Å². The molecule has 0 aliphatic carbocycles. The van der Waals surface area contributed by atoms with Gasteiger partial charge in [-0.1, -0.05) is 0 Å². The summed E-state index contributed by atoms with van der Waals surface area (Å²) >= 11 is 0. The van der Waals surface area contributed by atoms with Gasteiger partial charge in [-0.2, -0.15) is 0 Å². The second-order valence-electron chi connectivity index (χ2n) is 6.72. The van der Waals surface area contributed by atoms with E-state index >= 15 is 0 Å². The van der Waals surface area contributed by atoms with Gasteiger partial charge in [0.1, 0.15) is 13.2 Å². The van der Waals surface area contributed by atoms with Gasteiger partial charge >= 0.3 is 0 Å². The van der Waals surface area contributed by atoms with Crippen LogP contribution in [0.5, 0.6) is 23.0 Å². The summed E-state index contributed by atoms with van der Waals surface area (Å²) in [5.74, 6) is 1.33. The van der Waals surface area contributed by atoms with Crippen molar-refractivity contribution in [1.82, 2.24) is 0 Å². The van der Waals surface area contributed by atoms with Gasteiger partial charge in [-0.05, 0) is 12.1 Å². The molecule has 13 heteroatoms. The fraction of sp³-hybridized carbons (Fsp3) is 0.455. The first kappa shape index (κ1) is 27.6. The lowest BCUT2D eigenvalue weighted by atomic mass is 10.3. The maximum atomic E-state index is 10.9. The highest BCUT2D eigenvalue weighted by Gasteiger charge is 2.13. The minimum absolute atomic E-state index is 0.0901. The minimum atomic E-state index is -0.509. The summed E-state index contributed by atoms with van der Waals surface area (Å²) in [4.78, 5) is 20.7. The topological polar surface area (TPSA) is 151 Å². The van der Waals surface area contributed by atoms with Crippen molar-refractivity contribution in [2.45, 2.75) is 0 Å². The van der Waals surface area contributed by atoms with Crippen molar-refractivity contribution in [3.63, 3.8) is 0 Å². The van der Waals surface area contributed by atoms with E-state index in [1.54, 1.807) is 0 Å². The predicted molar refractivity (Wildman–Crippen MR) is 123 cm³/mol. The normalized spacial score (nSPS) is 10.6. The highest BCUT2D eigenvalue weighted by Crippen LogP contribution is 2.32. The summed E-state index contributed by atoms with van der Waals surface area (Å²) in [6.45, 7) is 2.30. The number of ether oxygens (including phenoxy) is 7.